The largest absolute Gasteiger partial charge is 0.460 e. The highest BCUT2D eigenvalue weighted by molar-refractivity contribution is 5.99. The molecule has 0 unspecified atom stereocenters. The first-order valence-electron chi connectivity index (χ1n) is 21.5. The Kier molecular flexibility index (Phi) is 15.5. The normalized spacial score (nSPS) is 18.0. The van der Waals surface area contributed by atoms with Crippen molar-refractivity contribution in [1.29, 1.82) is 0 Å². The smallest absolute Gasteiger partial charge is 0.437 e. The van der Waals surface area contributed by atoms with Crippen molar-refractivity contribution in [1.82, 2.24) is 20.4 Å². The minimum absolute atomic E-state index is 0.0472. The highest BCUT2D eigenvalue weighted by Crippen LogP contribution is 2.44. The van der Waals surface area contributed by atoms with Crippen LogP contribution >= 0.6 is 0 Å². The molecule has 2 aromatic carbocycles. The van der Waals surface area contributed by atoms with Gasteiger partial charge in [0.1, 0.15) is 29.5 Å². The average molecular weight is 848 g/mol. The molecule has 334 valence electrons. The van der Waals surface area contributed by atoms with Gasteiger partial charge >= 0.3 is 24.2 Å². The summed E-state index contributed by atoms with van der Waals surface area (Å²) in [6.07, 6.45) is 1.41. The predicted molar refractivity (Wildman–Crippen MR) is 230 cm³/mol. The van der Waals surface area contributed by atoms with E-state index in [2.05, 4.69) is 27.8 Å². The van der Waals surface area contributed by atoms with Crippen LogP contribution in [-0.2, 0) is 33.3 Å². The fourth-order valence-corrected chi connectivity index (χ4v) is 7.87. The van der Waals surface area contributed by atoms with Gasteiger partial charge in [0.15, 0.2) is 0 Å². The Hall–Kier alpha value is -5.18. The minimum atomic E-state index is -1.19. The topological polar surface area (TPSA) is 174 Å². The van der Waals surface area contributed by atoms with Crippen LogP contribution in [0.1, 0.15) is 124 Å². The maximum Gasteiger partial charge on any atom is 0.437 e. The maximum absolute atomic E-state index is 14.3. The monoisotopic (exact) mass is 847 g/mol. The van der Waals surface area contributed by atoms with Gasteiger partial charge in [0, 0.05) is 38.2 Å². The number of carbonyl (C=O) groups excluding carboxylic acids is 5. The van der Waals surface area contributed by atoms with E-state index >= 15 is 0 Å². The molecule has 2 heterocycles. The summed E-state index contributed by atoms with van der Waals surface area (Å²) in [5, 5.41) is 5.35. The molecule has 15 heteroatoms. The summed E-state index contributed by atoms with van der Waals surface area (Å²) in [6, 6.07) is 14.7. The van der Waals surface area contributed by atoms with E-state index in [9.17, 15) is 24.0 Å². The molecule has 5 rings (SSSR count). The van der Waals surface area contributed by atoms with Gasteiger partial charge < -0.3 is 38.8 Å². The van der Waals surface area contributed by atoms with E-state index in [-0.39, 0.29) is 43.0 Å². The van der Waals surface area contributed by atoms with Gasteiger partial charge in [-0.1, -0.05) is 48.5 Å². The molecule has 4 amide bonds. The van der Waals surface area contributed by atoms with Gasteiger partial charge in [-0.3, -0.25) is 14.9 Å². The number of nitrogens with one attached hydrogen (secondary N) is 2. The van der Waals surface area contributed by atoms with E-state index in [0.717, 1.165) is 41.5 Å². The first-order chi connectivity index (χ1) is 28.7. The van der Waals surface area contributed by atoms with Gasteiger partial charge in [0.25, 0.3) is 0 Å². The van der Waals surface area contributed by atoms with Crippen molar-refractivity contribution in [2.24, 2.45) is 4.99 Å². The van der Waals surface area contributed by atoms with Crippen molar-refractivity contribution in [3.63, 3.8) is 0 Å². The predicted octanol–water partition coefficient (Wildman–Crippen LogP) is 7.69. The molecule has 2 N–H and O–H groups in total. The van der Waals surface area contributed by atoms with Gasteiger partial charge in [0.05, 0.1) is 12.5 Å². The lowest BCUT2D eigenvalue weighted by Gasteiger charge is -2.38. The second-order valence-corrected chi connectivity index (χ2v) is 18.9. The van der Waals surface area contributed by atoms with E-state index < -0.39 is 47.1 Å². The number of amides is 4. The number of ether oxygens (including phenoxy) is 5. The fourth-order valence-electron chi connectivity index (χ4n) is 7.87. The van der Waals surface area contributed by atoms with Crippen molar-refractivity contribution >= 4 is 36.1 Å². The van der Waals surface area contributed by atoms with Crippen molar-refractivity contribution < 1.29 is 47.7 Å². The third kappa shape index (κ3) is 14.2. The molecular weight excluding hydrogens is 783 g/mol. The first-order valence-corrected chi connectivity index (χ1v) is 21.5. The van der Waals surface area contributed by atoms with Crippen LogP contribution in [0.5, 0.6) is 0 Å². The highest BCUT2D eigenvalue weighted by atomic mass is 16.6. The molecule has 15 nitrogen and oxygen atoms in total. The summed E-state index contributed by atoms with van der Waals surface area (Å²) in [5.41, 5.74) is 2.02. The molecule has 0 spiro atoms. The second kappa shape index (κ2) is 20.1. The number of piperidine rings is 2. The molecule has 2 aromatic rings. The zero-order chi connectivity index (χ0) is 44.5. The van der Waals surface area contributed by atoms with Crippen LogP contribution in [-0.4, -0.2) is 114 Å². The molecule has 0 saturated carbocycles. The number of likely N-dealkylation sites (tertiary alicyclic amines) is 2. The first kappa shape index (κ1) is 46.9. The Morgan fingerprint density at radius 3 is 1.92 bits per heavy atom. The number of aliphatic imine (C=N–C) groups is 1. The van der Waals surface area contributed by atoms with Gasteiger partial charge in [0.2, 0.25) is 11.9 Å². The maximum atomic E-state index is 14.3. The number of esters is 1. The Balaban J connectivity index is 1.18. The second-order valence-electron chi connectivity index (χ2n) is 18.9. The summed E-state index contributed by atoms with van der Waals surface area (Å²) >= 11 is 0. The molecule has 0 radical (unpaired) electrons. The quantitative estimate of drug-likeness (QED) is 0.104. The number of guanidine groups is 1. The van der Waals surface area contributed by atoms with Crippen molar-refractivity contribution in [3.05, 3.63) is 59.7 Å². The molecule has 1 aliphatic carbocycles. The standard InChI is InChI=1S/C46H65N5O10/c1-44(2,3)59-38(52)28-37(47-41(54)58-29-36-34-19-12-10-17-32(34)33-18-11-13-20-35(33)36)39(53)51-24-15-14-16-30(51)23-27-57-31-21-25-50(26-22-31)40(48-42(55)60-45(4,5)6)49-43(56)61-46(7,8)9/h10-13,17-20,30-31,36-37H,14-16,21-29H2,1-9H3,(H,47,54)(H,48,49,55,56)/t30-,37-/m0/s1. The van der Waals surface area contributed by atoms with E-state index in [1.165, 1.54) is 0 Å². The fraction of sp³-hybridized carbons (Fsp3) is 0.609. The molecule has 2 atom stereocenters. The van der Waals surface area contributed by atoms with Crippen molar-refractivity contribution in [3.8, 4) is 11.1 Å². The number of hydrogen-bond acceptors (Lipinski definition) is 10. The summed E-state index contributed by atoms with van der Waals surface area (Å²) in [6.45, 7) is 17.5. The van der Waals surface area contributed by atoms with Crippen LogP contribution in [0.15, 0.2) is 53.5 Å². The number of alkyl carbamates (subject to hydrolysis) is 2. The SMILES string of the molecule is CC(C)(C)OC(=O)C[C@H](NC(=O)OCC1c2ccccc2-c2ccccc21)C(=O)N1CCCC[C@H]1CCOC1CCN(/C(=N\C(=O)OC(C)(C)C)NC(=O)OC(C)(C)C)CC1. The van der Waals surface area contributed by atoms with Crippen molar-refractivity contribution in [2.45, 2.75) is 148 Å². The lowest BCUT2D eigenvalue weighted by molar-refractivity contribution is -0.157. The van der Waals surface area contributed by atoms with Crippen LogP contribution in [0.2, 0.25) is 0 Å². The molecule has 0 aromatic heterocycles. The Bertz CT molecular complexity index is 1860. The molecule has 61 heavy (non-hydrogen) atoms. The number of carbonyl (C=O) groups is 5. The summed E-state index contributed by atoms with van der Waals surface area (Å²) < 4.78 is 28.5. The van der Waals surface area contributed by atoms with Gasteiger partial charge in [-0.2, -0.15) is 0 Å². The van der Waals surface area contributed by atoms with Crippen LogP contribution in [0.4, 0.5) is 14.4 Å². The van der Waals surface area contributed by atoms with Gasteiger partial charge in [-0.25, -0.2) is 14.4 Å². The van der Waals surface area contributed by atoms with Crippen LogP contribution in [0.3, 0.4) is 0 Å². The zero-order valence-electron chi connectivity index (χ0n) is 37.3. The van der Waals surface area contributed by atoms with Crippen LogP contribution < -0.4 is 10.6 Å². The third-order valence-corrected chi connectivity index (χ3v) is 10.4. The van der Waals surface area contributed by atoms with E-state index in [4.69, 9.17) is 23.7 Å². The number of rotatable bonds is 10. The Morgan fingerprint density at radius 1 is 0.738 bits per heavy atom. The van der Waals surface area contributed by atoms with Crippen LogP contribution in [0.25, 0.3) is 11.1 Å². The molecule has 2 saturated heterocycles. The van der Waals surface area contributed by atoms with Crippen molar-refractivity contribution in [2.75, 3.05) is 32.8 Å². The Morgan fingerprint density at radius 2 is 1.33 bits per heavy atom. The number of benzene rings is 2. The Labute approximate surface area is 360 Å². The number of hydrogen-bond donors (Lipinski definition) is 2. The van der Waals surface area contributed by atoms with Gasteiger partial charge in [-0.05, 0) is 123 Å². The molecule has 3 aliphatic rings. The van der Waals surface area contributed by atoms with Gasteiger partial charge in [-0.15, -0.1) is 4.99 Å². The van der Waals surface area contributed by atoms with E-state index in [1.54, 1.807) is 72.1 Å². The molecular formula is C46H65N5O10. The van der Waals surface area contributed by atoms with Crippen LogP contribution in [0, 0.1) is 0 Å². The zero-order valence-corrected chi connectivity index (χ0v) is 37.3. The lowest BCUT2D eigenvalue weighted by Crippen LogP contribution is -2.54. The average Bonchev–Trinajstić information content (AvgIpc) is 3.48. The number of nitrogens with zero attached hydrogens (tertiary/aromatic N) is 3. The number of fused-ring (bicyclic) bond motifs is 3. The summed E-state index contributed by atoms with van der Waals surface area (Å²) in [5.74, 6) is -1.09. The molecule has 0 bridgehead atoms. The third-order valence-electron chi connectivity index (χ3n) is 10.4. The molecule has 2 aliphatic heterocycles. The van der Waals surface area contributed by atoms with E-state index in [1.807, 2.05) is 36.4 Å². The molecule has 2 fully saturated rings. The lowest BCUT2D eigenvalue weighted by atomic mass is 9.97. The van der Waals surface area contributed by atoms with E-state index in [0.29, 0.717) is 45.5 Å². The summed E-state index contributed by atoms with van der Waals surface area (Å²) in [7, 11) is 0. The minimum Gasteiger partial charge on any atom is -0.460 e. The highest BCUT2D eigenvalue weighted by Gasteiger charge is 2.36. The summed E-state index contributed by atoms with van der Waals surface area (Å²) in [4.78, 5) is 73.8.